The standard InChI is InChI=1S/C17H14ClNO3S/c18-13-5-1-12(2-6-13)17-15(9-10-16(17)20)11-3-7-14(8-4-11)23(19,21)22/h1-8H,9-10H2,(H2,19,21,22). The molecule has 23 heavy (non-hydrogen) atoms. The van der Waals surface area contributed by atoms with Crippen molar-refractivity contribution in [3.63, 3.8) is 0 Å². The summed E-state index contributed by atoms with van der Waals surface area (Å²) in [6.07, 6.45) is 1.08. The molecule has 0 radical (unpaired) electrons. The fraction of sp³-hybridized carbons (Fsp3) is 0.118. The molecule has 2 aromatic carbocycles. The van der Waals surface area contributed by atoms with Crippen molar-refractivity contribution >= 4 is 38.6 Å². The molecule has 0 saturated heterocycles. The Morgan fingerprint density at radius 2 is 1.43 bits per heavy atom. The molecular formula is C17H14ClNO3S. The molecule has 0 heterocycles. The Morgan fingerprint density at radius 1 is 0.870 bits per heavy atom. The van der Waals surface area contributed by atoms with Crippen LogP contribution in [0.15, 0.2) is 53.4 Å². The summed E-state index contributed by atoms with van der Waals surface area (Å²) in [6.45, 7) is 0. The maximum Gasteiger partial charge on any atom is 0.238 e. The highest BCUT2D eigenvalue weighted by Crippen LogP contribution is 2.37. The zero-order chi connectivity index (χ0) is 16.6. The van der Waals surface area contributed by atoms with Crippen molar-refractivity contribution in [3.8, 4) is 0 Å². The maximum absolute atomic E-state index is 12.3. The fourth-order valence-electron chi connectivity index (χ4n) is 2.74. The molecular weight excluding hydrogens is 334 g/mol. The van der Waals surface area contributed by atoms with E-state index in [2.05, 4.69) is 0 Å². The molecule has 6 heteroatoms. The second kappa shape index (κ2) is 5.92. The molecule has 0 amide bonds. The van der Waals surface area contributed by atoms with E-state index in [1.54, 1.807) is 24.3 Å². The predicted octanol–water partition coefficient (Wildman–Crippen LogP) is 3.26. The van der Waals surface area contributed by atoms with E-state index in [1.807, 2.05) is 12.1 Å². The number of hydrogen-bond acceptors (Lipinski definition) is 3. The molecule has 0 saturated carbocycles. The number of carbonyl (C=O) groups is 1. The van der Waals surface area contributed by atoms with Gasteiger partial charge < -0.3 is 0 Å². The van der Waals surface area contributed by atoms with Gasteiger partial charge in [-0.1, -0.05) is 35.9 Å². The lowest BCUT2D eigenvalue weighted by atomic mass is 9.97. The third-order valence-corrected chi connectivity index (χ3v) is 5.03. The van der Waals surface area contributed by atoms with E-state index in [4.69, 9.17) is 16.7 Å². The van der Waals surface area contributed by atoms with Gasteiger partial charge in [-0.3, -0.25) is 4.79 Å². The second-order valence-corrected chi connectivity index (χ2v) is 7.35. The number of primary sulfonamides is 1. The first-order valence-corrected chi connectivity index (χ1v) is 8.94. The van der Waals surface area contributed by atoms with Crippen molar-refractivity contribution in [3.05, 3.63) is 64.7 Å². The van der Waals surface area contributed by atoms with Gasteiger partial charge in [-0.25, -0.2) is 13.6 Å². The number of hydrogen-bond donors (Lipinski definition) is 1. The van der Waals surface area contributed by atoms with Crippen LogP contribution < -0.4 is 5.14 Å². The summed E-state index contributed by atoms with van der Waals surface area (Å²) in [5.74, 6) is 0.0813. The molecule has 0 bridgehead atoms. The summed E-state index contributed by atoms with van der Waals surface area (Å²) in [6, 6.07) is 13.4. The molecule has 1 aliphatic rings. The van der Waals surface area contributed by atoms with Gasteiger partial charge in [0.25, 0.3) is 0 Å². The van der Waals surface area contributed by atoms with Crippen molar-refractivity contribution in [2.75, 3.05) is 0 Å². The van der Waals surface area contributed by atoms with Crippen LogP contribution in [0.1, 0.15) is 24.0 Å². The number of rotatable bonds is 3. The highest BCUT2D eigenvalue weighted by atomic mass is 35.5. The molecule has 0 unspecified atom stereocenters. The third kappa shape index (κ3) is 3.22. The Bertz CT molecular complexity index is 898. The first kappa shape index (κ1) is 15.9. The van der Waals surface area contributed by atoms with Crippen molar-refractivity contribution in [1.29, 1.82) is 0 Å². The number of allylic oxidation sites excluding steroid dienone is 2. The number of carbonyl (C=O) groups excluding carboxylic acids is 1. The van der Waals surface area contributed by atoms with Crippen LogP contribution in [0.4, 0.5) is 0 Å². The third-order valence-electron chi connectivity index (χ3n) is 3.85. The lowest BCUT2D eigenvalue weighted by molar-refractivity contribution is -0.113. The Kier molecular flexibility index (Phi) is 4.10. The maximum atomic E-state index is 12.3. The van der Waals surface area contributed by atoms with Gasteiger partial charge in [-0.05, 0) is 47.4 Å². The smallest absolute Gasteiger partial charge is 0.238 e. The van der Waals surface area contributed by atoms with Gasteiger partial charge in [-0.2, -0.15) is 0 Å². The first-order chi connectivity index (χ1) is 10.9. The lowest BCUT2D eigenvalue weighted by Crippen LogP contribution is -2.11. The van der Waals surface area contributed by atoms with Crippen LogP contribution >= 0.6 is 11.6 Å². The molecule has 2 aromatic rings. The van der Waals surface area contributed by atoms with Crippen LogP contribution in [0.3, 0.4) is 0 Å². The highest BCUT2D eigenvalue weighted by molar-refractivity contribution is 7.89. The zero-order valence-corrected chi connectivity index (χ0v) is 13.7. The van der Waals surface area contributed by atoms with Crippen LogP contribution in [0.2, 0.25) is 5.02 Å². The molecule has 1 aliphatic carbocycles. The normalized spacial score (nSPS) is 15.3. The van der Waals surface area contributed by atoms with Crippen LogP contribution in [0, 0.1) is 0 Å². The van der Waals surface area contributed by atoms with Gasteiger partial charge in [0.1, 0.15) is 0 Å². The SMILES string of the molecule is NS(=O)(=O)c1ccc(C2=C(c3ccc(Cl)cc3)C(=O)CC2)cc1. The van der Waals surface area contributed by atoms with Crippen molar-refractivity contribution < 1.29 is 13.2 Å². The number of benzene rings is 2. The van der Waals surface area contributed by atoms with Gasteiger partial charge in [-0.15, -0.1) is 0 Å². The lowest BCUT2D eigenvalue weighted by Gasteiger charge is -2.08. The fourth-order valence-corrected chi connectivity index (χ4v) is 3.38. The molecule has 3 rings (SSSR count). The Morgan fingerprint density at radius 3 is 2.00 bits per heavy atom. The number of halogens is 1. The van der Waals surface area contributed by atoms with E-state index in [0.717, 1.165) is 16.7 Å². The quantitative estimate of drug-likeness (QED) is 0.925. The van der Waals surface area contributed by atoms with Crippen molar-refractivity contribution in [2.45, 2.75) is 17.7 Å². The molecule has 4 nitrogen and oxygen atoms in total. The van der Waals surface area contributed by atoms with Gasteiger partial charge in [0.05, 0.1) is 4.90 Å². The van der Waals surface area contributed by atoms with Gasteiger partial charge in [0.2, 0.25) is 10.0 Å². The minimum Gasteiger partial charge on any atom is -0.294 e. The molecule has 0 aromatic heterocycles. The average molecular weight is 348 g/mol. The minimum atomic E-state index is -3.72. The van der Waals surface area contributed by atoms with E-state index in [-0.39, 0.29) is 10.7 Å². The summed E-state index contributed by atoms with van der Waals surface area (Å²) < 4.78 is 22.7. The van der Waals surface area contributed by atoms with E-state index in [0.29, 0.717) is 23.4 Å². The molecule has 0 spiro atoms. The molecule has 0 aliphatic heterocycles. The van der Waals surface area contributed by atoms with Crippen LogP contribution in [-0.2, 0) is 14.8 Å². The summed E-state index contributed by atoms with van der Waals surface area (Å²) in [4.78, 5) is 12.3. The highest BCUT2D eigenvalue weighted by Gasteiger charge is 2.25. The summed E-state index contributed by atoms with van der Waals surface area (Å²) in [5, 5.41) is 5.72. The summed E-state index contributed by atoms with van der Waals surface area (Å²) in [7, 11) is -3.72. The van der Waals surface area contributed by atoms with E-state index < -0.39 is 10.0 Å². The monoisotopic (exact) mass is 347 g/mol. The Balaban J connectivity index is 2.08. The number of Topliss-reactive ketones (excluding diaryl/α,β-unsaturated/α-hetero) is 1. The second-order valence-electron chi connectivity index (χ2n) is 5.35. The zero-order valence-electron chi connectivity index (χ0n) is 12.1. The first-order valence-electron chi connectivity index (χ1n) is 7.02. The number of sulfonamides is 1. The van der Waals surface area contributed by atoms with Gasteiger partial charge in [0, 0.05) is 17.0 Å². The topological polar surface area (TPSA) is 77.2 Å². The van der Waals surface area contributed by atoms with E-state index in [9.17, 15) is 13.2 Å². The minimum absolute atomic E-state index is 0.0548. The number of nitrogens with two attached hydrogens (primary N) is 1. The van der Waals surface area contributed by atoms with E-state index in [1.165, 1.54) is 12.1 Å². The molecule has 0 atom stereocenters. The van der Waals surface area contributed by atoms with E-state index >= 15 is 0 Å². The summed E-state index contributed by atoms with van der Waals surface area (Å²) in [5.41, 5.74) is 3.24. The van der Waals surface area contributed by atoms with Gasteiger partial charge in [0.15, 0.2) is 5.78 Å². The number of ketones is 1. The van der Waals surface area contributed by atoms with Gasteiger partial charge >= 0.3 is 0 Å². The average Bonchev–Trinajstić information content (AvgIpc) is 2.89. The van der Waals surface area contributed by atoms with Crippen LogP contribution in [0.25, 0.3) is 11.1 Å². The van der Waals surface area contributed by atoms with Crippen LogP contribution in [0.5, 0.6) is 0 Å². The molecule has 2 N–H and O–H groups in total. The van der Waals surface area contributed by atoms with Crippen molar-refractivity contribution in [1.82, 2.24) is 0 Å². The Labute approximate surface area is 139 Å². The van der Waals surface area contributed by atoms with Crippen molar-refractivity contribution in [2.24, 2.45) is 5.14 Å². The summed E-state index contributed by atoms with van der Waals surface area (Å²) >= 11 is 5.90. The largest absolute Gasteiger partial charge is 0.294 e. The molecule has 118 valence electrons. The molecule has 0 fully saturated rings. The Hall–Kier alpha value is -1.95. The van der Waals surface area contributed by atoms with Crippen LogP contribution in [-0.4, -0.2) is 14.2 Å². The predicted molar refractivity (Wildman–Crippen MR) is 90.3 cm³/mol.